The Morgan fingerprint density at radius 1 is 1.13 bits per heavy atom. The third-order valence-corrected chi connectivity index (χ3v) is 7.42. The van der Waals surface area contributed by atoms with E-state index in [-0.39, 0.29) is 5.91 Å². The van der Waals surface area contributed by atoms with Gasteiger partial charge < -0.3 is 9.88 Å². The second-order valence-electron chi connectivity index (χ2n) is 7.35. The van der Waals surface area contributed by atoms with Crippen LogP contribution in [0.25, 0.3) is 21.3 Å². The quantitative estimate of drug-likeness (QED) is 0.465. The summed E-state index contributed by atoms with van der Waals surface area (Å²) in [5.41, 5.74) is 2.46. The molecule has 1 aliphatic rings. The van der Waals surface area contributed by atoms with Gasteiger partial charge in [0.1, 0.15) is 15.7 Å². The van der Waals surface area contributed by atoms with Gasteiger partial charge in [-0.15, -0.1) is 32.9 Å². The number of thiazole rings is 1. The maximum absolute atomic E-state index is 12.9. The largest absolute Gasteiger partial charge is 0.321 e. The Kier molecular flexibility index (Phi) is 5.18. The third-order valence-electron chi connectivity index (χ3n) is 5.22. The van der Waals surface area contributed by atoms with Crippen LogP contribution in [-0.2, 0) is 13.0 Å². The fourth-order valence-corrected chi connectivity index (χ4v) is 5.49. The first-order valence-corrected chi connectivity index (χ1v) is 11.7. The molecular formula is C22H21N5OS2. The standard InChI is InChI=1S/C22H21N5OS2/c1-14-19(30-22(23-14)17-9-6-12-29-17)21(28)24-16-8-5-7-15(13-16)20-26-25-18-10-3-2-4-11-27(18)20/h5-9,12-13H,2-4,10-11H2,1H3,(H,24,28). The predicted octanol–water partition coefficient (Wildman–Crippen LogP) is 5.42. The number of amides is 1. The van der Waals surface area contributed by atoms with Gasteiger partial charge in [-0.3, -0.25) is 4.79 Å². The number of nitrogens with one attached hydrogen (secondary N) is 1. The minimum Gasteiger partial charge on any atom is -0.321 e. The molecule has 4 aromatic rings. The third kappa shape index (κ3) is 3.68. The molecule has 0 radical (unpaired) electrons. The number of hydrogen-bond donors (Lipinski definition) is 1. The second kappa shape index (κ2) is 8.12. The van der Waals surface area contributed by atoms with E-state index < -0.39 is 0 Å². The van der Waals surface area contributed by atoms with Crippen LogP contribution in [0.5, 0.6) is 0 Å². The number of aryl methyl sites for hydroxylation is 2. The van der Waals surface area contributed by atoms with Crippen LogP contribution in [0.1, 0.15) is 40.5 Å². The van der Waals surface area contributed by atoms with Gasteiger partial charge in [-0.1, -0.05) is 24.6 Å². The summed E-state index contributed by atoms with van der Waals surface area (Å²) in [4.78, 5) is 19.2. The lowest BCUT2D eigenvalue weighted by Crippen LogP contribution is -2.11. The lowest BCUT2D eigenvalue weighted by Gasteiger charge is -2.09. The van der Waals surface area contributed by atoms with E-state index in [0.29, 0.717) is 4.88 Å². The molecule has 3 aromatic heterocycles. The number of rotatable bonds is 4. The van der Waals surface area contributed by atoms with Crippen molar-refractivity contribution in [1.29, 1.82) is 0 Å². The van der Waals surface area contributed by atoms with Crippen LogP contribution in [0, 0.1) is 6.92 Å². The second-order valence-corrected chi connectivity index (χ2v) is 9.29. The zero-order chi connectivity index (χ0) is 20.5. The Bertz CT molecular complexity index is 1190. The molecule has 0 saturated heterocycles. The molecule has 30 heavy (non-hydrogen) atoms. The van der Waals surface area contributed by atoms with E-state index >= 15 is 0 Å². The van der Waals surface area contributed by atoms with Gasteiger partial charge in [0.25, 0.3) is 5.91 Å². The van der Waals surface area contributed by atoms with Crippen LogP contribution in [0.3, 0.4) is 0 Å². The van der Waals surface area contributed by atoms with Crippen molar-refractivity contribution in [2.24, 2.45) is 0 Å². The van der Waals surface area contributed by atoms with Crippen LogP contribution in [-0.4, -0.2) is 25.7 Å². The number of benzene rings is 1. The average molecular weight is 436 g/mol. The van der Waals surface area contributed by atoms with Crippen LogP contribution < -0.4 is 5.32 Å². The number of aromatic nitrogens is 4. The average Bonchev–Trinajstić information content (AvgIpc) is 3.46. The molecule has 0 fully saturated rings. The number of carbonyl (C=O) groups excluding carboxylic acids is 1. The first-order valence-electron chi connectivity index (χ1n) is 10.0. The summed E-state index contributed by atoms with van der Waals surface area (Å²) >= 11 is 3.06. The summed E-state index contributed by atoms with van der Waals surface area (Å²) in [5, 5.41) is 14.7. The van der Waals surface area contributed by atoms with Crippen molar-refractivity contribution in [3.05, 3.63) is 58.2 Å². The van der Waals surface area contributed by atoms with Gasteiger partial charge >= 0.3 is 0 Å². The molecule has 0 unspecified atom stereocenters. The number of thiophene rings is 1. The SMILES string of the molecule is Cc1nc(-c2cccs2)sc1C(=O)Nc1cccc(-c2nnc3n2CCCCC3)c1. The molecule has 6 nitrogen and oxygen atoms in total. The minimum atomic E-state index is -0.134. The highest BCUT2D eigenvalue weighted by Gasteiger charge is 2.19. The molecule has 0 bridgehead atoms. The summed E-state index contributed by atoms with van der Waals surface area (Å²) in [5.74, 6) is 1.79. The van der Waals surface area contributed by atoms with Crippen molar-refractivity contribution in [2.45, 2.75) is 39.2 Å². The highest BCUT2D eigenvalue weighted by Crippen LogP contribution is 2.32. The molecule has 152 valence electrons. The van der Waals surface area contributed by atoms with E-state index in [9.17, 15) is 4.79 Å². The maximum Gasteiger partial charge on any atom is 0.267 e. The summed E-state index contributed by atoms with van der Waals surface area (Å²) < 4.78 is 2.22. The van der Waals surface area contributed by atoms with Gasteiger partial charge in [-0.05, 0) is 43.3 Å². The predicted molar refractivity (Wildman–Crippen MR) is 121 cm³/mol. The monoisotopic (exact) mass is 435 g/mol. The number of carbonyl (C=O) groups is 1. The molecule has 0 aliphatic carbocycles. The molecule has 8 heteroatoms. The fraction of sp³-hybridized carbons (Fsp3) is 0.273. The molecule has 1 aromatic carbocycles. The smallest absolute Gasteiger partial charge is 0.267 e. The summed E-state index contributed by atoms with van der Waals surface area (Å²) in [6.45, 7) is 2.82. The van der Waals surface area contributed by atoms with Gasteiger partial charge in [0.05, 0.1) is 10.6 Å². The molecule has 0 saturated carbocycles. The molecule has 1 aliphatic heterocycles. The molecule has 1 N–H and O–H groups in total. The van der Waals surface area contributed by atoms with E-state index in [1.165, 1.54) is 17.8 Å². The van der Waals surface area contributed by atoms with Gasteiger partial charge in [0.15, 0.2) is 5.82 Å². The Labute approximate surface area is 182 Å². The van der Waals surface area contributed by atoms with Crippen molar-refractivity contribution in [3.8, 4) is 21.3 Å². The number of fused-ring (bicyclic) bond motifs is 1. The van der Waals surface area contributed by atoms with E-state index in [0.717, 1.165) is 64.3 Å². The molecular weight excluding hydrogens is 414 g/mol. The van der Waals surface area contributed by atoms with Crippen LogP contribution >= 0.6 is 22.7 Å². The zero-order valence-corrected chi connectivity index (χ0v) is 18.2. The first-order chi connectivity index (χ1) is 14.7. The molecule has 4 heterocycles. The van der Waals surface area contributed by atoms with E-state index in [1.54, 1.807) is 11.3 Å². The maximum atomic E-state index is 12.9. The summed E-state index contributed by atoms with van der Waals surface area (Å²) in [6.07, 6.45) is 4.50. The topological polar surface area (TPSA) is 72.7 Å². The Morgan fingerprint density at radius 2 is 2.07 bits per heavy atom. The molecule has 0 atom stereocenters. The van der Waals surface area contributed by atoms with Crippen molar-refractivity contribution in [1.82, 2.24) is 19.7 Å². The summed E-state index contributed by atoms with van der Waals surface area (Å²) in [6, 6.07) is 11.8. The van der Waals surface area contributed by atoms with Crippen molar-refractivity contribution in [2.75, 3.05) is 5.32 Å². The van der Waals surface area contributed by atoms with Gasteiger partial charge in [0, 0.05) is 24.2 Å². The molecule has 1 amide bonds. The van der Waals surface area contributed by atoms with Crippen molar-refractivity contribution < 1.29 is 4.79 Å². The fourth-order valence-electron chi connectivity index (χ4n) is 3.74. The first kappa shape index (κ1) is 19.1. The lowest BCUT2D eigenvalue weighted by molar-refractivity contribution is 0.103. The zero-order valence-electron chi connectivity index (χ0n) is 16.6. The van der Waals surface area contributed by atoms with E-state index in [2.05, 4.69) is 25.1 Å². The van der Waals surface area contributed by atoms with Crippen molar-refractivity contribution in [3.63, 3.8) is 0 Å². The Hall–Kier alpha value is -2.84. The van der Waals surface area contributed by atoms with Crippen LogP contribution in [0.15, 0.2) is 41.8 Å². The van der Waals surface area contributed by atoms with E-state index in [4.69, 9.17) is 0 Å². The van der Waals surface area contributed by atoms with Gasteiger partial charge in [-0.2, -0.15) is 0 Å². The number of nitrogens with zero attached hydrogens (tertiary/aromatic N) is 4. The highest BCUT2D eigenvalue weighted by atomic mass is 32.1. The van der Waals surface area contributed by atoms with E-state index in [1.807, 2.05) is 48.7 Å². The van der Waals surface area contributed by atoms with Crippen LogP contribution in [0.4, 0.5) is 5.69 Å². The minimum absolute atomic E-state index is 0.134. The Morgan fingerprint density at radius 3 is 2.93 bits per heavy atom. The lowest BCUT2D eigenvalue weighted by atomic mass is 10.2. The molecule has 0 spiro atoms. The normalized spacial score (nSPS) is 13.6. The van der Waals surface area contributed by atoms with Gasteiger partial charge in [-0.25, -0.2) is 4.98 Å². The van der Waals surface area contributed by atoms with Gasteiger partial charge in [0.2, 0.25) is 0 Å². The Balaban J connectivity index is 1.39. The van der Waals surface area contributed by atoms with Crippen LogP contribution in [0.2, 0.25) is 0 Å². The number of anilines is 1. The summed E-state index contributed by atoms with van der Waals surface area (Å²) in [7, 11) is 0. The van der Waals surface area contributed by atoms with Crippen molar-refractivity contribution >= 4 is 34.3 Å². The molecule has 5 rings (SSSR count). The number of hydrogen-bond acceptors (Lipinski definition) is 6. The highest BCUT2D eigenvalue weighted by molar-refractivity contribution is 7.22.